The minimum atomic E-state index is -0.280. The Bertz CT molecular complexity index is 1250. The highest BCUT2D eigenvalue weighted by atomic mass is 32.1. The molecule has 1 fully saturated rings. The number of fused-ring (bicyclic) bond motifs is 2. The summed E-state index contributed by atoms with van der Waals surface area (Å²) in [6, 6.07) is 7.96. The summed E-state index contributed by atoms with van der Waals surface area (Å²) < 4.78 is 12.5. The van der Waals surface area contributed by atoms with Crippen LogP contribution in [0.5, 0.6) is 5.06 Å². The molecule has 4 aromatic rings. The molecule has 1 aromatic carbocycles. The van der Waals surface area contributed by atoms with E-state index in [-0.39, 0.29) is 5.91 Å². The zero-order chi connectivity index (χ0) is 21.9. The zero-order valence-electron chi connectivity index (χ0n) is 17.5. The molecule has 1 saturated heterocycles. The van der Waals surface area contributed by atoms with Crippen LogP contribution in [-0.2, 0) is 9.53 Å². The van der Waals surface area contributed by atoms with Crippen LogP contribution in [0, 0.1) is 0 Å². The van der Waals surface area contributed by atoms with Crippen molar-refractivity contribution in [1.82, 2.24) is 20.2 Å². The van der Waals surface area contributed by atoms with E-state index in [0.717, 1.165) is 63.5 Å². The third kappa shape index (κ3) is 4.23. The molecule has 3 N–H and O–H groups in total. The minimum Gasteiger partial charge on any atom is -0.484 e. The lowest BCUT2D eigenvalue weighted by molar-refractivity contribution is -0.118. The molecule has 32 heavy (non-hydrogen) atoms. The number of carbonyl (C=O) groups excluding carboxylic acids is 1. The molecule has 0 radical (unpaired) electrons. The number of hydrogen-bond donors (Lipinski definition) is 2. The number of aromatic amines is 1. The topological polar surface area (TPSA) is 119 Å². The zero-order valence-corrected chi connectivity index (χ0v) is 18.4. The van der Waals surface area contributed by atoms with Gasteiger partial charge in [-0.3, -0.25) is 9.89 Å². The van der Waals surface area contributed by atoms with Crippen molar-refractivity contribution in [2.24, 2.45) is 5.73 Å². The molecular formula is C22H24N6O3S. The highest BCUT2D eigenvalue weighted by molar-refractivity contribution is 7.21. The lowest BCUT2D eigenvalue weighted by Gasteiger charge is -2.28. The fraction of sp³-hybridized carbons (Fsp3) is 0.364. The molecule has 0 bridgehead atoms. The van der Waals surface area contributed by atoms with Crippen molar-refractivity contribution >= 4 is 44.2 Å². The normalized spacial score (nSPS) is 14.3. The number of thiophene rings is 1. The molecule has 1 amide bonds. The summed E-state index contributed by atoms with van der Waals surface area (Å²) in [4.78, 5) is 23.0. The Kier molecular flexibility index (Phi) is 5.87. The van der Waals surface area contributed by atoms with E-state index in [1.807, 2.05) is 24.3 Å². The van der Waals surface area contributed by atoms with Crippen molar-refractivity contribution in [1.29, 1.82) is 0 Å². The standard InChI is InChI=1S/C22H24N6O3S/c23-18(29)6-1-2-9-31-19-12-17-20(32-19)22(28-7-10-30-11-8-28)26-21(25-17)14-4-3-5-16-15(14)13-24-27-16/h3-5,12-13H,1-2,6-11H2,(H2,23,29)(H,24,27). The first-order valence-corrected chi connectivity index (χ1v) is 11.5. The van der Waals surface area contributed by atoms with Crippen LogP contribution < -0.4 is 15.4 Å². The SMILES string of the molecule is NC(=O)CCCCOc1cc2nc(-c3cccc4[nH]ncc34)nc(N3CCOCC3)c2s1. The van der Waals surface area contributed by atoms with Gasteiger partial charge in [-0.15, -0.1) is 0 Å². The van der Waals surface area contributed by atoms with Gasteiger partial charge < -0.3 is 20.1 Å². The van der Waals surface area contributed by atoms with Crippen LogP contribution >= 0.6 is 11.3 Å². The van der Waals surface area contributed by atoms with E-state index in [4.69, 9.17) is 25.2 Å². The number of nitrogens with two attached hydrogens (primary N) is 1. The van der Waals surface area contributed by atoms with Gasteiger partial charge in [0.1, 0.15) is 0 Å². The molecule has 1 aliphatic rings. The predicted octanol–water partition coefficient (Wildman–Crippen LogP) is 3.11. The second-order valence-electron chi connectivity index (χ2n) is 7.66. The molecule has 1 aliphatic heterocycles. The summed E-state index contributed by atoms with van der Waals surface area (Å²) in [6.07, 6.45) is 3.68. The van der Waals surface area contributed by atoms with Gasteiger partial charge in [0.15, 0.2) is 16.7 Å². The van der Waals surface area contributed by atoms with Crippen LogP contribution in [0.25, 0.3) is 32.5 Å². The van der Waals surface area contributed by atoms with E-state index < -0.39 is 0 Å². The second kappa shape index (κ2) is 9.09. The van der Waals surface area contributed by atoms with Crippen molar-refractivity contribution in [2.75, 3.05) is 37.8 Å². The Morgan fingerprint density at radius 1 is 1.25 bits per heavy atom. The van der Waals surface area contributed by atoms with Gasteiger partial charge in [-0.05, 0) is 18.9 Å². The maximum atomic E-state index is 10.9. The second-order valence-corrected chi connectivity index (χ2v) is 8.67. The number of ether oxygens (including phenoxy) is 2. The van der Waals surface area contributed by atoms with E-state index in [2.05, 4.69) is 15.1 Å². The monoisotopic (exact) mass is 452 g/mol. The van der Waals surface area contributed by atoms with Crippen LogP contribution in [0.2, 0.25) is 0 Å². The van der Waals surface area contributed by atoms with Crippen molar-refractivity contribution in [2.45, 2.75) is 19.3 Å². The Labute approximate surface area is 188 Å². The van der Waals surface area contributed by atoms with Crippen LogP contribution in [0.3, 0.4) is 0 Å². The largest absolute Gasteiger partial charge is 0.484 e. The van der Waals surface area contributed by atoms with Gasteiger partial charge in [-0.25, -0.2) is 9.97 Å². The van der Waals surface area contributed by atoms with Gasteiger partial charge in [0, 0.05) is 36.5 Å². The van der Waals surface area contributed by atoms with E-state index in [9.17, 15) is 4.79 Å². The van der Waals surface area contributed by atoms with Crippen LogP contribution in [0.15, 0.2) is 30.5 Å². The maximum Gasteiger partial charge on any atom is 0.217 e. The lowest BCUT2D eigenvalue weighted by Crippen LogP contribution is -2.36. The molecule has 3 aromatic heterocycles. The van der Waals surface area contributed by atoms with Gasteiger partial charge in [-0.1, -0.05) is 23.5 Å². The first kappa shape index (κ1) is 20.7. The molecule has 4 heterocycles. The number of amides is 1. The smallest absolute Gasteiger partial charge is 0.217 e. The van der Waals surface area contributed by atoms with Gasteiger partial charge in [0.2, 0.25) is 5.91 Å². The number of rotatable bonds is 8. The molecule has 0 unspecified atom stereocenters. The third-order valence-electron chi connectivity index (χ3n) is 5.43. The molecule has 10 heteroatoms. The average Bonchev–Trinajstić information content (AvgIpc) is 3.45. The Morgan fingerprint density at radius 3 is 2.97 bits per heavy atom. The number of hydrogen-bond acceptors (Lipinski definition) is 8. The van der Waals surface area contributed by atoms with Crippen LogP contribution in [0.1, 0.15) is 19.3 Å². The summed E-state index contributed by atoms with van der Waals surface area (Å²) in [7, 11) is 0. The molecule has 0 aliphatic carbocycles. The first-order valence-electron chi connectivity index (χ1n) is 10.7. The molecule has 5 rings (SSSR count). The first-order chi connectivity index (χ1) is 15.7. The van der Waals surface area contributed by atoms with E-state index in [0.29, 0.717) is 32.1 Å². The van der Waals surface area contributed by atoms with Gasteiger partial charge in [0.05, 0.1) is 41.8 Å². The number of anilines is 1. The van der Waals surface area contributed by atoms with Gasteiger partial charge in [0.25, 0.3) is 0 Å². The summed E-state index contributed by atoms with van der Waals surface area (Å²) in [5, 5.41) is 8.96. The molecular weight excluding hydrogens is 428 g/mol. The summed E-state index contributed by atoms with van der Waals surface area (Å²) in [6.45, 7) is 3.44. The van der Waals surface area contributed by atoms with Gasteiger partial charge in [-0.2, -0.15) is 5.10 Å². The third-order valence-corrected chi connectivity index (χ3v) is 6.46. The van der Waals surface area contributed by atoms with Crippen molar-refractivity contribution in [3.8, 4) is 16.5 Å². The van der Waals surface area contributed by atoms with Gasteiger partial charge >= 0.3 is 0 Å². The Hall–Kier alpha value is -3.24. The predicted molar refractivity (Wildman–Crippen MR) is 124 cm³/mol. The Morgan fingerprint density at radius 2 is 2.12 bits per heavy atom. The number of H-pyrrole nitrogens is 1. The molecule has 0 saturated carbocycles. The number of morpholine rings is 1. The number of benzene rings is 1. The van der Waals surface area contributed by atoms with Crippen molar-refractivity contribution in [3.05, 3.63) is 30.5 Å². The number of aromatic nitrogens is 4. The number of primary amides is 1. The summed E-state index contributed by atoms with van der Waals surface area (Å²) in [5.74, 6) is 1.29. The van der Waals surface area contributed by atoms with E-state index in [1.54, 1.807) is 17.5 Å². The lowest BCUT2D eigenvalue weighted by atomic mass is 10.1. The van der Waals surface area contributed by atoms with E-state index in [1.165, 1.54) is 0 Å². The summed E-state index contributed by atoms with van der Waals surface area (Å²) >= 11 is 1.55. The summed E-state index contributed by atoms with van der Waals surface area (Å²) in [5.41, 5.74) is 7.94. The minimum absolute atomic E-state index is 0.280. The van der Waals surface area contributed by atoms with Crippen molar-refractivity contribution in [3.63, 3.8) is 0 Å². The van der Waals surface area contributed by atoms with Crippen LogP contribution in [0.4, 0.5) is 5.82 Å². The molecule has 166 valence electrons. The number of unbranched alkanes of at least 4 members (excludes halogenated alkanes) is 1. The number of nitrogens with one attached hydrogen (secondary N) is 1. The number of nitrogens with zero attached hydrogens (tertiary/aromatic N) is 4. The van der Waals surface area contributed by atoms with Crippen LogP contribution in [-0.4, -0.2) is 59.0 Å². The quantitative estimate of drug-likeness (QED) is 0.394. The molecule has 9 nitrogen and oxygen atoms in total. The maximum absolute atomic E-state index is 10.9. The molecule has 0 spiro atoms. The number of carbonyl (C=O) groups is 1. The highest BCUT2D eigenvalue weighted by Crippen LogP contribution is 2.39. The fourth-order valence-electron chi connectivity index (χ4n) is 3.81. The van der Waals surface area contributed by atoms with Crippen molar-refractivity contribution < 1.29 is 14.3 Å². The van der Waals surface area contributed by atoms with E-state index >= 15 is 0 Å². The molecule has 0 atom stereocenters. The highest BCUT2D eigenvalue weighted by Gasteiger charge is 2.21. The fourth-order valence-corrected chi connectivity index (χ4v) is 4.80. The Balaban J connectivity index is 1.50. The average molecular weight is 453 g/mol.